The van der Waals surface area contributed by atoms with Gasteiger partial charge in [0.25, 0.3) is 0 Å². The summed E-state index contributed by atoms with van der Waals surface area (Å²) in [5.74, 6) is 0. The van der Waals surface area contributed by atoms with Gasteiger partial charge in [-0.2, -0.15) is 9.69 Å². The largest absolute Gasteiger partial charge is 0.489 e. The van der Waals surface area contributed by atoms with Gasteiger partial charge in [-0.25, -0.2) is 4.57 Å². The molecule has 1 atom stereocenters. The zero-order chi connectivity index (χ0) is 23.2. The van der Waals surface area contributed by atoms with E-state index in [1.807, 2.05) is 0 Å². The highest BCUT2D eigenvalue weighted by Gasteiger charge is 2.26. The van der Waals surface area contributed by atoms with Crippen LogP contribution in [0, 0.1) is 0 Å². The van der Waals surface area contributed by atoms with Gasteiger partial charge in [-0.1, -0.05) is 103 Å². The van der Waals surface area contributed by atoms with E-state index < -0.39 is 7.82 Å². The van der Waals surface area contributed by atoms with Crippen molar-refractivity contribution in [3.63, 3.8) is 0 Å². The fourth-order valence-electron chi connectivity index (χ4n) is 3.86. The number of phosphoric acid groups is 1. The van der Waals surface area contributed by atoms with Crippen LogP contribution in [-0.2, 0) is 23.2 Å². The van der Waals surface area contributed by atoms with Crippen molar-refractivity contribution in [2.75, 3.05) is 46.1 Å². The monoisotopic (exact) mass is 479 g/mol. The Balaban J connectivity index is 1.74. The topological polar surface area (TPSA) is 77.5 Å². The van der Waals surface area contributed by atoms with Crippen LogP contribution in [0.1, 0.15) is 110 Å². The lowest BCUT2D eigenvalue weighted by Gasteiger charge is -2.26. The zero-order valence-electron chi connectivity index (χ0n) is 20.6. The van der Waals surface area contributed by atoms with Crippen molar-refractivity contribution in [1.29, 1.82) is 0 Å². The Hall–Kier alpha value is -0.0100. The van der Waals surface area contributed by atoms with Gasteiger partial charge >= 0.3 is 7.82 Å². The van der Waals surface area contributed by atoms with Crippen molar-refractivity contribution in [2.24, 2.45) is 0 Å². The predicted octanol–water partition coefficient (Wildman–Crippen LogP) is 6.65. The molecule has 0 saturated carbocycles. The van der Waals surface area contributed by atoms with Gasteiger partial charge in [-0.15, -0.1) is 0 Å². The second-order valence-electron chi connectivity index (χ2n) is 8.84. The third-order valence-electron chi connectivity index (χ3n) is 5.81. The molecule has 1 fully saturated rings. The number of nitrogens with zero attached hydrogens (tertiary/aromatic N) is 1. The Bertz CT molecular complexity index is 448. The smallest absolute Gasteiger partial charge is 0.379 e. The van der Waals surface area contributed by atoms with Gasteiger partial charge in [0.05, 0.1) is 26.4 Å². The maximum Gasteiger partial charge on any atom is 0.489 e. The first-order valence-electron chi connectivity index (χ1n) is 13.2. The van der Waals surface area contributed by atoms with Crippen LogP contribution in [0.2, 0.25) is 0 Å². The first-order valence-corrected chi connectivity index (χ1v) is 14.7. The molecule has 0 radical (unpaired) electrons. The van der Waals surface area contributed by atoms with Crippen molar-refractivity contribution in [1.82, 2.24) is 5.06 Å². The summed E-state index contributed by atoms with van der Waals surface area (Å²) in [6.45, 7) is 5.20. The fraction of sp³-hybridized carbons (Fsp3) is 1.00. The van der Waals surface area contributed by atoms with Crippen LogP contribution in [0.25, 0.3) is 0 Å². The van der Waals surface area contributed by atoms with Gasteiger partial charge in [-0.05, 0) is 6.42 Å². The number of ether oxygens (including phenoxy) is 2. The van der Waals surface area contributed by atoms with Crippen LogP contribution in [0.3, 0.4) is 0 Å². The van der Waals surface area contributed by atoms with E-state index in [1.54, 1.807) is 0 Å². The molecule has 0 bridgehead atoms. The molecule has 0 aromatic heterocycles. The maximum atomic E-state index is 11.8. The summed E-state index contributed by atoms with van der Waals surface area (Å²) in [6.07, 6.45) is 21.6. The molecule has 1 aliphatic rings. The highest BCUT2D eigenvalue weighted by atomic mass is 31.2. The number of hydroxylamine groups is 2. The molecule has 8 heteroatoms. The second-order valence-corrected chi connectivity index (χ2v) is 10.2. The lowest BCUT2D eigenvalue weighted by Crippen LogP contribution is -2.35. The average molecular weight is 480 g/mol. The summed E-state index contributed by atoms with van der Waals surface area (Å²) in [4.78, 5) is 9.69. The molecule has 32 heavy (non-hydrogen) atoms. The summed E-state index contributed by atoms with van der Waals surface area (Å²) in [7, 11) is -4.06. The van der Waals surface area contributed by atoms with Gasteiger partial charge in [0.1, 0.15) is 0 Å². The second kappa shape index (κ2) is 21.5. The molecule has 0 aromatic carbocycles. The first kappa shape index (κ1) is 30.0. The number of rotatable bonds is 23. The van der Waals surface area contributed by atoms with Crippen molar-refractivity contribution >= 4 is 7.82 Å². The number of hydrogen-bond donors (Lipinski definition) is 1. The molecule has 1 unspecified atom stereocenters. The lowest BCUT2D eigenvalue weighted by molar-refractivity contribution is -0.136. The van der Waals surface area contributed by atoms with Gasteiger partial charge in [0.15, 0.2) is 0 Å². The molecule has 1 saturated heterocycles. The zero-order valence-corrected chi connectivity index (χ0v) is 21.5. The molecule has 1 aliphatic heterocycles. The Morgan fingerprint density at radius 1 is 0.719 bits per heavy atom. The molecular weight excluding hydrogens is 429 g/mol. The molecule has 1 heterocycles. The third kappa shape index (κ3) is 19.5. The molecule has 1 rings (SSSR count). The minimum atomic E-state index is -4.06. The van der Waals surface area contributed by atoms with Crippen LogP contribution in [-0.4, -0.2) is 56.1 Å². The SMILES string of the molecule is CCCCCCCCCCCCCCCCCCOCCOP(=O)(O)ON1CCOCC1. The summed E-state index contributed by atoms with van der Waals surface area (Å²) in [5.41, 5.74) is 0. The first-order chi connectivity index (χ1) is 15.6. The van der Waals surface area contributed by atoms with Crippen LogP contribution in [0.15, 0.2) is 0 Å². The van der Waals surface area contributed by atoms with E-state index in [0.717, 1.165) is 6.42 Å². The minimum Gasteiger partial charge on any atom is -0.379 e. The fourth-order valence-corrected chi connectivity index (χ4v) is 4.67. The van der Waals surface area contributed by atoms with Gasteiger partial charge in [0, 0.05) is 19.7 Å². The maximum absolute atomic E-state index is 11.8. The predicted molar refractivity (Wildman–Crippen MR) is 130 cm³/mol. The minimum absolute atomic E-state index is 0.0526. The summed E-state index contributed by atoms with van der Waals surface area (Å²) >= 11 is 0. The van der Waals surface area contributed by atoms with Gasteiger partial charge in [0.2, 0.25) is 0 Å². The van der Waals surface area contributed by atoms with Crippen molar-refractivity contribution < 1.29 is 28.1 Å². The Morgan fingerprint density at radius 3 is 1.69 bits per heavy atom. The van der Waals surface area contributed by atoms with E-state index in [2.05, 4.69) is 6.92 Å². The number of unbranched alkanes of at least 4 members (excludes halogenated alkanes) is 15. The van der Waals surface area contributed by atoms with E-state index in [-0.39, 0.29) is 6.61 Å². The molecule has 0 aromatic rings. The average Bonchev–Trinajstić information content (AvgIpc) is 2.78. The van der Waals surface area contributed by atoms with Crippen LogP contribution in [0.4, 0.5) is 0 Å². The normalized spacial score (nSPS) is 16.9. The van der Waals surface area contributed by atoms with E-state index in [1.165, 1.54) is 101 Å². The third-order valence-corrected chi connectivity index (χ3v) is 6.76. The van der Waals surface area contributed by atoms with Crippen molar-refractivity contribution in [3.8, 4) is 0 Å². The quantitative estimate of drug-likeness (QED) is 0.130. The molecule has 0 spiro atoms. The highest BCUT2D eigenvalue weighted by Crippen LogP contribution is 2.44. The molecule has 0 aliphatic carbocycles. The van der Waals surface area contributed by atoms with Crippen molar-refractivity contribution in [3.05, 3.63) is 0 Å². The highest BCUT2D eigenvalue weighted by molar-refractivity contribution is 7.47. The molecule has 192 valence electrons. The molecule has 0 amide bonds. The van der Waals surface area contributed by atoms with E-state index in [4.69, 9.17) is 18.6 Å². The Labute approximate surface area is 197 Å². The van der Waals surface area contributed by atoms with E-state index >= 15 is 0 Å². The van der Waals surface area contributed by atoms with Crippen LogP contribution in [0.5, 0.6) is 0 Å². The Morgan fingerprint density at radius 2 is 1.19 bits per heavy atom. The summed E-state index contributed by atoms with van der Waals surface area (Å²) < 4.78 is 32.5. The molecular formula is C24H50NO6P. The summed E-state index contributed by atoms with van der Waals surface area (Å²) in [6, 6.07) is 0. The summed E-state index contributed by atoms with van der Waals surface area (Å²) in [5, 5.41) is 1.42. The number of morpholine rings is 1. The van der Waals surface area contributed by atoms with Gasteiger partial charge in [-0.3, -0.25) is 4.52 Å². The van der Waals surface area contributed by atoms with Gasteiger partial charge < -0.3 is 14.4 Å². The van der Waals surface area contributed by atoms with E-state index in [0.29, 0.717) is 39.5 Å². The van der Waals surface area contributed by atoms with E-state index in [9.17, 15) is 9.46 Å². The van der Waals surface area contributed by atoms with Crippen LogP contribution < -0.4 is 0 Å². The van der Waals surface area contributed by atoms with Crippen molar-refractivity contribution in [2.45, 2.75) is 110 Å². The number of hydrogen-bond acceptors (Lipinski definition) is 6. The lowest BCUT2D eigenvalue weighted by atomic mass is 10.0. The number of phosphoric ester groups is 1. The molecule has 7 nitrogen and oxygen atoms in total. The standard InChI is InChI=1S/C24H50NO6P/c1-2-3-4-5-6-7-8-9-10-11-12-13-14-15-16-17-20-28-23-24-30-32(26,27)31-25-18-21-29-22-19-25/h2-24H2,1H3,(H,26,27). The Kier molecular flexibility index (Phi) is 20.2. The van der Waals surface area contributed by atoms with Crippen LogP contribution >= 0.6 is 7.82 Å². The molecule has 1 N–H and O–H groups in total.